The Bertz CT molecular complexity index is 941. The molecule has 0 unspecified atom stereocenters. The highest BCUT2D eigenvalue weighted by atomic mass is 16.5. The van der Waals surface area contributed by atoms with Gasteiger partial charge < -0.3 is 20.1 Å². The Labute approximate surface area is 169 Å². The van der Waals surface area contributed by atoms with Gasteiger partial charge >= 0.3 is 0 Å². The highest BCUT2D eigenvalue weighted by molar-refractivity contribution is 5.93. The maximum absolute atomic E-state index is 12.9. The summed E-state index contributed by atoms with van der Waals surface area (Å²) in [6.07, 6.45) is 2.21. The van der Waals surface area contributed by atoms with Crippen molar-refractivity contribution in [3.63, 3.8) is 0 Å². The van der Waals surface area contributed by atoms with Crippen LogP contribution < -0.4 is 5.32 Å². The van der Waals surface area contributed by atoms with Crippen molar-refractivity contribution in [3.05, 3.63) is 36.2 Å². The summed E-state index contributed by atoms with van der Waals surface area (Å²) in [5.41, 5.74) is 0.246. The average molecular weight is 398 g/mol. The number of amides is 2. The van der Waals surface area contributed by atoms with E-state index >= 15 is 0 Å². The first-order valence-corrected chi connectivity index (χ1v) is 9.95. The number of benzene rings is 1. The third-order valence-electron chi connectivity index (χ3n) is 6.14. The van der Waals surface area contributed by atoms with E-state index in [2.05, 4.69) is 15.3 Å². The fourth-order valence-electron chi connectivity index (χ4n) is 4.52. The van der Waals surface area contributed by atoms with Gasteiger partial charge in [-0.05, 0) is 38.3 Å². The van der Waals surface area contributed by atoms with Gasteiger partial charge in [0.1, 0.15) is 11.8 Å². The predicted molar refractivity (Wildman–Crippen MR) is 106 cm³/mol. The summed E-state index contributed by atoms with van der Waals surface area (Å²) >= 11 is 0. The minimum absolute atomic E-state index is 0.173. The Kier molecular flexibility index (Phi) is 5.00. The monoisotopic (exact) mass is 398 g/mol. The summed E-state index contributed by atoms with van der Waals surface area (Å²) in [7, 11) is 0. The van der Waals surface area contributed by atoms with Crippen LogP contribution >= 0.6 is 0 Å². The molecule has 8 nitrogen and oxygen atoms in total. The molecule has 2 N–H and O–H groups in total. The molecule has 2 aliphatic rings. The molecule has 2 amide bonds. The van der Waals surface area contributed by atoms with Crippen LogP contribution in [0.5, 0.6) is 0 Å². The predicted octanol–water partition coefficient (Wildman–Crippen LogP) is 1.28. The van der Waals surface area contributed by atoms with Gasteiger partial charge in [-0.1, -0.05) is 12.1 Å². The Hall–Kier alpha value is -2.58. The van der Waals surface area contributed by atoms with Crippen LogP contribution in [-0.2, 0) is 9.53 Å². The van der Waals surface area contributed by atoms with Gasteiger partial charge in [-0.2, -0.15) is 0 Å². The SMILES string of the molecule is CC(=O)N[C@@]1(C)CCOC2(CCN(C(=O)c3cnc4ccccc4n3)CC2)[C@@H]1O. The van der Waals surface area contributed by atoms with Gasteiger partial charge in [-0.3, -0.25) is 14.6 Å². The van der Waals surface area contributed by atoms with Crippen molar-refractivity contribution in [2.75, 3.05) is 19.7 Å². The summed E-state index contributed by atoms with van der Waals surface area (Å²) in [5, 5.41) is 13.9. The fourth-order valence-corrected chi connectivity index (χ4v) is 4.52. The highest BCUT2D eigenvalue weighted by Gasteiger charge is 2.54. The van der Waals surface area contributed by atoms with Gasteiger partial charge in [0, 0.05) is 26.6 Å². The van der Waals surface area contributed by atoms with E-state index in [1.165, 1.54) is 13.1 Å². The second-order valence-corrected chi connectivity index (χ2v) is 8.20. The molecule has 2 aliphatic heterocycles. The summed E-state index contributed by atoms with van der Waals surface area (Å²) in [6, 6.07) is 7.44. The fraction of sp³-hybridized carbons (Fsp3) is 0.524. The van der Waals surface area contributed by atoms with Gasteiger partial charge in [0.15, 0.2) is 0 Å². The van der Waals surface area contributed by atoms with Crippen LogP contribution in [0.1, 0.15) is 43.6 Å². The van der Waals surface area contributed by atoms with Crippen molar-refractivity contribution < 1.29 is 19.4 Å². The zero-order valence-corrected chi connectivity index (χ0v) is 16.7. The number of nitrogens with zero attached hydrogens (tertiary/aromatic N) is 3. The summed E-state index contributed by atoms with van der Waals surface area (Å²) < 4.78 is 6.02. The van der Waals surface area contributed by atoms with E-state index in [1.807, 2.05) is 31.2 Å². The molecule has 29 heavy (non-hydrogen) atoms. The maximum Gasteiger partial charge on any atom is 0.274 e. The number of aliphatic hydroxyl groups is 1. The second-order valence-electron chi connectivity index (χ2n) is 8.20. The van der Waals surface area contributed by atoms with Crippen LogP contribution in [0.15, 0.2) is 30.5 Å². The molecule has 154 valence electrons. The van der Waals surface area contributed by atoms with Gasteiger partial charge in [0.2, 0.25) is 5.91 Å². The zero-order valence-electron chi connectivity index (χ0n) is 16.7. The van der Waals surface area contributed by atoms with Crippen molar-refractivity contribution >= 4 is 22.8 Å². The van der Waals surface area contributed by atoms with Gasteiger partial charge in [0.05, 0.1) is 28.4 Å². The van der Waals surface area contributed by atoms with E-state index < -0.39 is 17.2 Å². The number of likely N-dealkylation sites (tertiary alicyclic amines) is 1. The molecule has 0 radical (unpaired) electrons. The number of carbonyl (C=O) groups excluding carboxylic acids is 2. The number of nitrogens with one attached hydrogen (secondary N) is 1. The van der Waals surface area contributed by atoms with E-state index in [9.17, 15) is 14.7 Å². The first kappa shape index (κ1) is 19.7. The number of hydrogen-bond donors (Lipinski definition) is 2. The number of para-hydroxylation sites is 2. The van der Waals surface area contributed by atoms with Crippen molar-refractivity contribution in [3.8, 4) is 0 Å². The largest absolute Gasteiger partial charge is 0.388 e. The van der Waals surface area contributed by atoms with E-state index in [0.29, 0.717) is 50.2 Å². The smallest absolute Gasteiger partial charge is 0.274 e. The number of hydrogen-bond acceptors (Lipinski definition) is 6. The van der Waals surface area contributed by atoms with Crippen molar-refractivity contribution in [1.29, 1.82) is 0 Å². The second kappa shape index (κ2) is 7.35. The highest BCUT2D eigenvalue weighted by Crippen LogP contribution is 2.40. The molecule has 1 aromatic carbocycles. The van der Waals surface area contributed by atoms with Gasteiger partial charge in [-0.15, -0.1) is 0 Å². The number of rotatable bonds is 2. The lowest BCUT2D eigenvalue weighted by atomic mass is 9.73. The molecule has 2 aromatic rings. The number of ether oxygens (including phenoxy) is 1. The lowest BCUT2D eigenvalue weighted by molar-refractivity contribution is -0.205. The zero-order chi connectivity index (χ0) is 20.6. The quantitative estimate of drug-likeness (QED) is 0.790. The number of carbonyl (C=O) groups is 2. The Morgan fingerprint density at radius 1 is 1.21 bits per heavy atom. The lowest BCUT2D eigenvalue weighted by Gasteiger charge is -2.53. The number of aliphatic hydroxyl groups excluding tert-OH is 1. The number of fused-ring (bicyclic) bond motifs is 1. The van der Waals surface area contributed by atoms with Crippen LogP contribution in [0, 0.1) is 0 Å². The molecule has 8 heteroatoms. The molecular weight excluding hydrogens is 372 g/mol. The first-order valence-electron chi connectivity index (χ1n) is 9.95. The summed E-state index contributed by atoms with van der Waals surface area (Å²) in [6.45, 7) is 4.65. The molecule has 4 rings (SSSR count). The van der Waals surface area contributed by atoms with Crippen LogP contribution in [0.3, 0.4) is 0 Å². The Morgan fingerprint density at radius 2 is 1.90 bits per heavy atom. The topological polar surface area (TPSA) is 105 Å². The lowest BCUT2D eigenvalue weighted by Crippen LogP contribution is -2.69. The van der Waals surface area contributed by atoms with E-state index in [4.69, 9.17) is 4.74 Å². The Morgan fingerprint density at radius 3 is 2.59 bits per heavy atom. The van der Waals surface area contributed by atoms with Gasteiger partial charge in [-0.25, -0.2) is 4.98 Å². The molecule has 1 spiro atoms. The van der Waals surface area contributed by atoms with Crippen molar-refractivity contribution in [1.82, 2.24) is 20.2 Å². The standard InChI is InChI=1S/C21H26N4O4/c1-14(26)24-20(2)9-12-29-21(19(20)28)7-10-25(11-8-21)18(27)17-13-22-15-5-3-4-6-16(15)23-17/h3-6,13,19,28H,7-12H2,1-2H3,(H,24,26)/t19-,20+/m1/s1. The third kappa shape index (κ3) is 3.58. The van der Waals surface area contributed by atoms with Crippen LogP contribution in [0.4, 0.5) is 0 Å². The number of piperidine rings is 1. The summed E-state index contributed by atoms with van der Waals surface area (Å²) in [4.78, 5) is 35.0. The van der Waals surface area contributed by atoms with Gasteiger partial charge in [0.25, 0.3) is 5.91 Å². The molecule has 0 bridgehead atoms. The third-order valence-corrected chi connectivity index (χ3v) is 6.14. The molecule has 1 aromatic heterocycles. The average Bonchev–Trinajstić information content (AvgIpc) is 2.71. The van der Waals surface area contributed by atoms with E-state index in [-0.39, 0.29) is 11.8 Å². The first-order chi connectivity index (χ1) is 13.8. The van der Waals surface area contributed by atoms with E-state index in [1.54, 1.807) is 4.90 Å². The molecule has 2 fully saturated rings. The van der Waals surface area contributed by atoms with Crippen molar-refractivity contribution in [2.45, 2.75) is 50.4 Å². The van der Waals surface area contributed by atoms with E-state index in [0.717, 1.165) is 5.52 Å². The van der Waals surface area contributed by atoms with Crippen molar-refractivity contribution in [2.24, 2.45) is 0 Å². The normalized spacial score (nSPS) is 26.4. The molecule has 3 heterocycles. The molecular formula is C21H26N4O4. The minimum atomic E-state index is -0.842. The maximum atomic E-state index is 12.9. The van der Waals surface area contributed by atoms with Crippen LogP contribution in [-0.4, -0.2) is 68.7 Å². The minimum Gasteiger partial charge on any atom is -0.388 e. The van der Waals surface area contributed by atoms with Crippen LogP contribution in [0.25, 0.3) is 11.0 Å². The molecule has 0 aliphatic carbocycles. The Balaban J connectivity index is 1.48. The molecule has 2 atom stereocenters. The summed E-state index contributed by atoms with van der Waals surface area (Å²) in [5.74, 6) is -0.348. The molecule has 2 saturated heterocycles. The molecule has 0 saturated carbocycles. The van der Waals surface area contributed by atoms with Crippen LogP contribution in [0.2, 0.25) is 0 Å². The number of aromatic nitrogens is 2.